The van der Waals surface area contributed by atoms with Crippen LogP contribution in [-0.2, 0) is 67.2 Å². The summed E-state index contributed by atoms with van der Waals surface area (Å²) < 4.78 is 0. The number of hydrazine groups is 1. The van der Waals surface area contributed by atoms with Crippen LogP contribution in [0.4, 0.5) is 0 Å². The third kappa shape index (κ3) is 18.9. The Labute approximate surface area is 434 Å². The number of fused-ring (bicyclic) bond motifs is 1. The van der Waals surface area contributed by atoms with Crippen molar-refractivity contribution < 1.29 is 63.3 Å². The van der Waals surface area contributed by atoms with Crippen LogP contribution in [0.15, 0.2) is 85.1 Å². The molecule has 398 valence electrons. The van der Waals surface area contributed by atoms with Crippen molar-refractivity contribution >= 4 is 93.4 Å². The maximum absolute atomic E-state index is 14.2. The van der Waals surface area contributed by atoms with E-state index in [-0.39, 0.29) is 37.9 Å². The van der Waals surface area contributed by atoms with Crippen LogP contribution < -0.4 is 48.9 Å². The zero-order valence-corrected chi connectivity index (χ0v) is 42.2. The van der Waals surface area contributed by atoms with E-state index in [0.29, 0.717) is 33.5 Å². The average Bonchev–Trinajstić information content (AvgIpc) is 3.78. The highest BCUT2D eigenvalue weighted by atomic mass is 32.2. The van der Waals surface area contributed by atoms with E-state index in [1.807, 2.05) is 0 Å². The number of amides is 6. The number of aromatic amines is 1. The van der Waals surface area contributed by atoms with Crippen LogP contribution in [0, 0.1) is 0 Å². The first-order chi connectivity index (χ1) is 35.3. The first-order valence-corrected chi connectivity index (χ1v) is 26.0. The number of Topliss-reactive ketones (excluding diaryl/α,β-unsaturated/α-hetero) is 2. The summed E-state index contributed by atoms with van der Waals surface area (Å²) >= 11 is 2.66. The Hall–Kier alpha value is -7.32. The molecule has 4 rings (SSSR count). The molecular formula is C49H62N10O13S2. The van der Waals surface area contributed by atoms with Gasteiger partial charge in [0.15, 0.2) is 0 Å². The minimum Gasteiger partial charge on any atom is -0.508 e. The van der Waals surface area contributed by atoms with Gasteiger partial charge in [0.25, 0.3) is 0 Å². The fourth-order valence-electron chi connectivity index (χ4n) is 7.54. The van der Waals surface area contributed by atoms with Crippen LogP contribution in [0.1, 0.15) is 42.4 Å². The Balaban J connectivity index is 1.53. The van der Waals surface area contributed by atoms with Crippen LogP contribution in [0.5, 0.6) is 5.75 Å². The second-order valence-electron chi connectivity index (χ2n) is 17.0. The largest absolute Gasteiger partial charge is 0.508 e. The van der Waals surface area contributed by atoms with E-state index in [2.05, 4.69) is 42.3 Å². The molecule has 4 aromatic rings. The van der Waals surface area contributed by atoms with Gasteiger partial charge >= 0.3 is 11.9 Å². The van der Waals surface area contributed by atoms with Crippen molar-refractivity contribution in [2.45, 2.75) is 87.2 Å². The normalized spacial score (nSPS) is 13.9. The molecule has 0 saturated carbocycles. The van der Waals surface area contributed by atoms with Gasteiger partial charge in [-0.2, -0.15) is 23.5 Å². The number of thioether (sulfide) groups is 2. The van der Waals surface area contributed by atoms with Crippen molar-refractivity contribution in [1.29, 1.82) is 0 Å². The molecule has 3 aromatic carbocycles. The van der Waals surface area contributed by atoms with E-state index in [1.54, 1.807) is 73.3 Å². The van der Waals surface area contributed by atoms with Gasteiger partial charge in [0.1, 0.15) is 36.0 Å². The lowest BCUT2D eigenvalue weighted by Crippen LogP contribution is -2.59. The number of nitrogens with one attached hydrogen (secondary N) is 8. The molecular weight excluding hydrogens is 1000 g/mol. The number of aliphatic carboxylic acids is 2. The second-order valence-corrected chi connectivity index (χ2v) is 19.0. The SMILES string of the molecule is CSCC[C@H](NC(=O)CNC(=O)[C@H](Cc1c[nH]c2ccccc12)NC(=O)[C@H](CCSC)NC(=O)[C@H](CC(=O)O)NC(=O)[C@H](Cc1ccccc1)NN)C(=O)N[C@@H](Cc1ccc(O)cc1)C(=O)C(=O)[C@@H](N)CC(=O)O. The molecule has 1 heterocycles. The summed E-state index contributed by atoms with van der Waals surface area (Å²) in [7, 11) is 0. The third-order valence-electron chi connectivity index (χ3n) is 11.5. The number of benzene rings is 3. The topological polar surface area (TPSA) is 383 Å². The number of aromatic hydroxyl groups is 1. The van der Waals surface area contributed by atoms with Gasteiger partial charge in [-0.1, -0.05) is 60.7 Å². The number of rotatable bonds is 32. The molecule has 0 saturated heterocycles. The fourth-order valence-corrected chi connectivity index (χ4v) is 8.48. The van der Waals surface area contributed by atoms with E-state index in [9.17, 15) is 58.2 Å². The van der Waals surface area contributed by atoms with Crippen LogP contribution in [0.2, 0.25) is 0 Å². The lowest BCUT2D eigenvalue weighted by atomic mass is 9.95. The number of hydrogen-bond donors (Lipinski definition) is 13. The molecule has 0 spiro atoms. The Morgan fingerprint density at radius 3 is 1.69 bits per heavy atom. The highest BCUT2D eigenvalue weighted by Gasteiger charge is 2.35. The summed E-state index contributed by atoms with van der Waals surface area (Å²) in [5, 5.41) is 44.5. The third-order valence-corrected chi connectivity index (χ3v) is 12.7. The summed E-state index contributed by atoms with van der Waals surface area (Å²) in [5.74, 6) is -4.37. The van der Waals surface area contributed by atoms with E-state index < -0.39 is 121 Å². The lowest BCUT2D eigenvalue weighted by molar-refractivity contribution is -0.143. The molecule has 0 fully saturated rings. The van der Waals surface area contributed by atoms with Crippen LogP contribution in [0.3, 0.4) is 0 Å². The summed E-state index contributed by atoms with van der Waals surface area (Å²) in [6.07, 6.45) is 3.12. The highest BCUT2D eigenvalue weighted by Crippen LogP contribution is 2.20. The van der Waals surface area contributed by atoms with Gasteiger partial charge in [-0.3, -0.25) is 53.8 Å². The standard InChI is InChI=1S/C49H62N10O13S2/c1-73-18-16-34(46(69)56-36(20-28-12-14-30(60)15-13-28)44(67)43(66)32(50)23-41(62)63)54-40(61)26-53-45(68)37(22-29-25-52-33-11-7-6-10-31(29)33)57-47(70)35(17-19-74-2)55-48(71)38(24-42(64)65)58-49(72)39(59-51)21-27-8-4-3-5-9-27/h3-15,25,32,34-39,52,59-60H,16-24,26,50-51H2,1-2H3,(H,53,68)(H,54,61)(H,55,71)(H,56,69)(H,57,70)(H,58,72)(H,62,63)(H,64,65)/t32-,34-,35-,36-,37-,38-,39-/m0/s1. The van der Waals surface area contributed by atoms with Gasteiger partial charge in [-0.15, -0.1) is 0 Å². The zero-order chi connectivity index (χ0) is 54.3. The van der Waals surface area contributed by atoms with E-state index >= 15 is 0 Å². The van der Waals surface area contributed by atoms with Crippen molar-refractivity contribution in [3.05, 3.63) is 102 Å². The highest BCUT2D eigenvalue weighted by molar-refractivity contribution is 7.98. The second kappa shape index (κ2) is 30.0. The average molecular weight is 1060 g/mol. The van der Waals surface area contributed by atoms with Crippen molar-refractivity contribution in [2.75, 3.05) is 30.6 Å². The van der Waals surface area contributed by atoms with Crippen molar-refractivity contribution in [3.8, 4) is 5.75 Å². The smallest absolute Gasteiger partial charge is 0.305 e. The number of carboxylic acids is 2. The van der Waals surface area contributed by atoms with Crippen molar-refractivity contribution in [3.63, 3.8) is 0 Å². The first-order valence-electron chi connectivity index (χ1n) is 23.2. The van der Waals surface area contributed by atoms with E-state index in [1.165, 1.54) is 47.8 Å². The Bertz CT molecular complexity index is 2600. The van der Waals surface area contributed by atoms with Crippen LogP contribution in [-0.4, -0.2) is 152 Å². The molecule has 0 aliphatic heterocycles. The number of carboxylic acid groups (broad SMARTS) is 2. The number of H-pyrrole nitrogens is 1. The van der Waals surface area contributed by atoms with Crippen LogP contribution >= 0.6 is 23.5 Å². The van der Waals surface area contributed by atoms with Gasteiger partial charge in [0, 0.05) is 29.9 Å². The first kappa shape index (κ1) is 59.2. The number of carbonyl (C=O) groups is 10. The molecule has 23 nitrogen and oxygen atoms in total. The Morgan fingerprint density at radius 1 is 0.568 bits per heavy atom. The molecule has 25 heteroatoms. The van der Waals surface area contributed by atoms with E-state index in [4.69, 9.17) is 16.7 Å². The maximum Gasteiger partial charge on any atom is 0.305 e. The van der Waals surface area contributed by atoms with E-state index in [0.717, 1.165) is 5.56 Å². The predicted molar refractivity (Wildman–Crippen MR) is 276 cm³/mol. The monoisotopic (exact) mass is 1060 g/mol. The molecule has 15 N–H and O–H groups in total. The Kier molecular flexibility index (Phi) is 24.0. The van der Waals surface area contributed by atoms with Gasteiger partial charge in [-0.25, -0.2) is 5.43 Å². The number of carbonyl (C=O) groups excluding carboxylic acids is 8. The number of nitrogens with two attached hydrogens (primary N) is 2. The number of phenols is 1. The summed E-state index contributed by atoms with van der Waals surface area (Å²) in [5.41, 5.74) is 10.5. The predicted octanol–water partition coefficient (Wildman–Crippen LogP) is -0.805. The van der Waals surface area contributed by atoms with Crippen LogP contribution in [0.25, 0.3) is 10.9 Å². The lowest BCUT2D eigenvalue weighted by Gasteiger charge is -2.26. The number of aromatic nitrogens is 1. The number of hydrogen-bond acceptors (Lipinski definition) is 16. The van der Waals surface area contributed by atoms with Gasteiger partial charge in [-0.05, 0) is 78.2 Å². The minimum atomic E-state index is -1.71. The molecule has 6 amide bonds. The maximum atomic E-state index is 14.2. The zero-order valence-electron chi connectivity index (χ0n) is 40.6. The molecule has 1 aromatic heterocycles. The molecule has 7 atom stereocenters. The van der Waals surface area contributed by atoms with Gasteiger partial charge < -0.3 is 57.9 Å². The minimum absolute atomic E-state index is 0.00147. The fraction of sp³-hybridized carbons (Fsp3) is 0.388. The number of para-hydroxylation sites is 1. The number of ketones is 2. The summed E-state index contributed by atoms with van der Waals surface area (Å²) in [6, 6.07) is 11.4. The summed E-state index contributed by atoms with van der Waals surface area (Å²) in [6.45, 7) is -0.730. The molecule has 0 aliphatic carbocycles. The quantitative estimate of drug-likeness (QED) is 0.0162. The van der Waals surface area contributed by atoms with Crippen molar-refractivity contribution in [1.82, 2.24) is 42.3 Å². The van der Waals surface area contributed by atoms with Gasteiger partial charge in [0.05, 0.1) is 31.5 Å². The molecule has 0 aliphatic rings. The molecule has 0 bridgehead atoms. The molecule has 74 heavy (non-hydrogen) atoms. The Morgan fingerprint density at radius 2 is 1.08 bits per heavy atom. The molecule has 0 radical (unpaired) electrons. The van der Waals surface area contributed by atoms with Crippen molar-refractivity contribution in [2.24, 2.45) is 11.6 Å². The summed E-state index contributed by atoms with van der Waals surface area (Å²) in [4.78, 5) is 136. The van der Waals surface area contributed by atoms with Gasteiger partial charge in [0.2, 0.25) is 47.0 Å². The molecule has 0 unspecified atom stereocenters. The number of phenolic OH excluding ortho intramolecular Hbond substituents is 1.